The van der Waals surface area contributed by atoms with Crippen molar-refractivity contribution in [2.24, 2.45) is 5.73 Å². The molecule has 0 aliphatic heterocycles. The minimum Gasteiger partial charge on any atom is -0.367 e. The van der Waals surface area contributed by atoms with E-state index in [1.54, 1.807) is 6.07 Å². The maximum atomic E-state index is 5.85. The van der Waals surface area contributed by atoms with Gasteiger partial charge in [0.1, 0.15) is 11.0 Å². The molecule has 0 bridgehead atoms. The van der Waals surface area contributed by atoms with Crippen LogP contribution in [-0.2, 0) is 0 Å². The summed E-state index contributed by atoms with van der Waals surface area (Å²) >= 11 is 5.81. The van der Waals surface area contributed by atoms with Crippen molar-refractivity contribution in [3.8, 4) is 0 Å². The summed E-state index contributed by atoms with van der Waals surface area (Å²) in [6.07, 6.45) is 4.43. The lowest BCUT2D eigenvalue weighted by atomic mass is 9.92. The van der Waals surface area contributed by atoms with E-state index >= 15 is 0 Å². The minimum atomic E-state index is 0.385. The number of hydrogen-bond donors (Lipinski definition) is 2. The quantitative estimate of drug-likeness (QED) is 0.761. The maximum absolute atomic E-state index is 5.85. The van der Waals surface area contributed by atoms with Crippen LogP contribution in [0, 0.1) is 0 Å². The van der Waals surface area contributed by atoms with Gasteiger partial charge in [-0.25, -0.2) is 4.98 Å². The Morgan fingerprint density at radius 2 is 2.00 bits per heavy atom. The predicted molar refractivity (Wildman–Crippen MR) is 63.1 cm³/mol. The molecule has 1 aliphatic carbocycles. The van der Waals surface area contributed by atoms with Gasteiger partial charge in [0.15, 0.2) is 0 Å². The highest BCUT2D eigenvalue weighted by atomic mass is 35.5. The van der Waals surface area contributed by atoms with E-state index in [0.717, 1.165) is 31.5 Å². The van der Waals surface area contributed by atoms with Gasteiger partial charge in [0.2, 0.25) is 0 Å². The van der Waals surface area contributed by atoms with Crippen molar-refractivity contribution in [2.75, 3.05) is 5.32 Å². The summed E-state index contributed by atoms with van der Waals surface area (Å²) in [5.74, 6) is 0.864. The first-order chi connectivity index (χ1) is 7.24. The smallest absolute Gasteiger partial charge is 0.131 e. The van der Waals surface area contributed by atoms with Crippen LogP contribution < -0.4 is 11.1 Å². The second kappa shape index (κ2) is 4.81. The summed E-state index contributed by atoms with van der Waals surface area (Å²) in [7, 11) is 0. The van der Waals surface area contributed by atoms with E-state index in [4.69, 9.17) is 17.3 Å². The molecule has 1 saturated carbocycles. The molecule has 2 rings (SSSR count). The highest BCUT2D eigenvalue weighted by Crippen LogP contribution is 2.20. The van der Waals surface area contributed by atoms with Crippen molar-refractivity contribution in [1.82, 2.24) is 4.98 Å². The summed E-state index contributed by atoms with van der Waals surface area (Å²) in [5, 5.41) is 3.93. The zero-order valence-corrected chi connectivity index (χ0v) is 9.37. The molecule has 1 aromatic rings. The summed E-state index contributed by atoms with van der Waals surface area (Å²) in [5.41, 5.74) is 5.85. The van der Waals surface area contributed by atoms with Gasteiger partial charge >= 0.3 is 0 Å². The Morgan fingerprint density at radius 1 is 1.27 bits per heavy atom. The van der Waals surface area contributed by atoms with Crippen molar-refractivity contribution in [3.05, 3.63) is 23.4 Å². The van der Waals surface area contributed by atoms with Gasteiger partial charge in [-0.15, -0.1) is 0 Å². The van der Waals surface area contributed by atoms with Gasteiger partial charge in [-0.1, -0.05) is 17.7 Å². The van der Waals surface area contributed by atoms with E-state index in [2.05, 4.69) is 10.3 Å². The summed E-state index contributed by atoms with van der Waals surface area (Å²) < 4.78 is 0. The first-order valence-corrected chi connectivity index (χ1v) is 5.76. The first kappa shape index (κ1) is 10.7. The molecule has 0 atom stereocenters. The van der Waals surface area contributed by atoms with E-state index in [1.807, 2.05) is 12.1 Å². The van der Waals surface area contributed by atoms with Crippen LogP contribution in [0.3, 0.4) is 0 Å². The molecular formula is C11H16ClN3. The SMILES string of the molecule is NC1CCC(Nc2cccc(Cl)n2)CC1. The number of nitrogens with one attached hydrogen (secondary N) is 1. The molecule has 0 radical (unpaired) electrons. The fourth-order valence-electron chi connectivity index (χ4n) is 1.96. The molecule has 3 nitrogen and oxygen atoms in total. The molecule has 0 unspecified atom stereocenters. The second-order valence-corrected chi connectivity index (χ2v) is 4.49. The fraction of sp³-hybridized carbons (Fsp3) is 0.545. The summed E-state index contributed by atoms with van der Waals surface area (Å²) in [6, 6.07) is 6.52. The molecule has 0 aromatic carbocycles. The Morgan fingerprint density at radius 3 is 2.67 bits per heavy atom. The van der Waals surface area contributed by atoms with E-state index in [0.29, 0.717) is 17.2 Å². The van der Waals surface area contributed by atoms with Crippen molar-refractivity contribution < 1.29 is 0 Å². The Kier molecular flexibility index (Phi) is 3.44. The predicted octanol–water partition coefficient (Wildman–Crippen LogP) is 2.42. The van der Waals surface area contributed by atoms with Gasteiger partial charge in [-0.2, -0.15) is 0 Å². The number of halogens is 1. The van der Waals surface area contributed by atoms with Crippen LogP contribution in [0.2, 0.25) is 5.15 Å². The van der Waals surface area contributed by atoms with Crippen molar-refractivity contribution >= 4 is 17.4 Å². The van der Waals surface area contributed by atoms with Crippen molar-refractivity contribution in [1.29, 1.82) is 0 Å². The van der Waals surface area contributed by atoms with Crippen LogP contribution >= 0.6 is 11.6 Å². The number of hydrogen-bond acceptors (Lipinski definition) is 3. The summed E-state index contributed by atoms with van der Waals surface area (Å²) in [6.45, 7) is 0. The number of aromatic nitrogens is 1. The van der Waals surface area contributed by atoms with Gasteiger partial charge in [-0.3, -0.25) is 0 Å². The first-order valence-electron chi connectivity index (χ1n) is 5.39. The molecule has 0 saturated heterocycles. The van der Waals surface area contributed by atoms with Crippen LogP contribution in [0.5, 0.6) is 0 Å². The van der Waals surface area contributed by atoms with Gasteiger partial charge in [0, 0.05) is 12.1 Å². The maximum Gasteiger partial charge on any atom is 0.131 e. The van der Waals surface area contributed by atoms with Gasteiger partial charge < -0.3 is 11.1 Å². The Labute approximate surface area is 95.0 Å². The molecule has 1 aliphatic rings. The fourth-order valence-corrected chi connectivity index (χ4v) is 2.13. The molecule has 3 N–H and O–H groups in total. The molecule has 82 valence electrons. The second-order valence-electron chi connectivity index (χ2n) is 4.10. The molecule has 0 spiro atoms. The Hall–Kier alpha value is -0.800. The topological polar surface area (TPSA) is 50.9 Å². The number of anilines is 1. The summed E-state index contributed by atoms with van der Waals surface area (Å²) in [4.78, 5) is 4.21. The third-order valence-electron chi connectivity index (χ3n) is 2.84. The van der Waals surface area contributed by atoms with Gasteiger partial charge in [-0.05, 0) is 37.8 Å². The largest absolute Gasteiger partial charge is 0.367 e. The molecule has 1 heterocycles. The highest BCUT2D eigenvalue weighted by molar-refractivity contribution is 6.29. The number of rotatable bonds is 2. The van der Waals surface area contributed by atoms with Gasteiger partial charge in [0.05, 0.1) is 0 Å². The van der Waals surface area contributed by atoms with Crippen LogP contribution in [0.1, 0.15) is 25.7 Å². The number of nitrogens with two attached hydrogens (primary N) is 1. The standard InChI is InChI=1S/C11H16ClN3/c12-10-2-1-3-11(15-10)14-9-6-4-8(13)5-7-9/h1-3,8-9H,4-7,13H2,(H,14,15). The lowest BCUT2D eigenvalue weighted by Crippen LogP contribution is -2.32. The van der Waals surface area contributed by atoms with Crippen molar-refractivity contribution in [3.63, 3.8) is 0 Å². The average molecular weight is 226 g/mol. The van der Waals surface area contributed by atoms with Crippen LogP contribution in [0.15, 0.2) is 18.2 Å². The van der Waals surface area contributed by atoms with Gasteiger partial charge in [0.25, 0.3) is 0 Å². The molecule has 1 fully saturated rings. The van der Waals surface area contributed by atoms with E-state index < -0.39 is 0 Å². The third kappa shape index (κ3) is 3.08. The molecule has 4 heteroatoms. The van der Waals surface area contributed by atoms with Crippen LogP contribution in [0.25, 0.3) is 0 Å². The molecule has 0 amide bonds. The molecular weight excluding hydrogens is 210 g/mol. The molecule has 15 heavy (non-hydrogen) atoms. The Bertz CT molecular complexity index is 321. The highest BCUT2D eigenvalue weighted by Gasteiger charge is 2.18. The van der Waals surface area contributed by atoms with E-state index in [-0.39, 0.29) is 0 Å². The van der Waals surface area contributed by atoms with Crippen molar-refractivity contribution in [2.45, 2.75) is 37.8 Å². The zero-order valence-electron chi connectivity index (χ0n) is 8.62. The third-order valence-corrected chi connectivity index (χ3v) is 3.05. The monoisotopic (exact) mass is 225 g/mol. The van der Waals surface area contributed by atoms with Crippen LogP contribution in [0.4, 0.5) is 5.82 Å². The minimum absolute atomic E-state index is 0.385. The van der Waals surface area contributed by atoms with E-state index in [9.17, 15) is 0 Å². The molecule has 1 aromatic heterocycles. The Balaban J connectivity index is 1.92. The number of nitrogens with zero attached hydrogens (tertiary/aromatic N) is 1. The zero-order chi connectivity index (χ0) is 10.7. The van der Waals surface area contributed by atoms with E-state index in [1.165, 1.54) is 0 Å². The average Bonchev–Trinajstić information content (AvgIpc) is 2.22. The lowest BCUT2D eigenvalue weighted by molar-refractivity contribution is 0.410. The lowest BCUT2D eigenvalue weighted by Gasteiger charge is -2.27. The normalized spacial score (nSPS) is 26.3. The van der Waals surface area contributed by atoms with Crippen LogP contribution in [-0.4, -0.2) is 17.1 Å². The number of pyridine rings is 1.